The number of hydrogen-bond acceptors (Lipinski definition) is 3. The number of thioether (sulfide) groups is 1. The Morgan fingerprint density at radius 2 is 2.13 bits per heavy atom. The molecule has 2 N–H and O–H groups in total. The van der Waals surface area contributed by atoms with Gasteiger partial charge >= 0.3 is 6.03 Å². The van der Waals surface area contributed by atoms with Gasteiger partial charge in [0.25, 0.3) is 0 Å². The van der Waals surface area contributed by atoms with E-state index in [9.17, 15) is 9.90 Å². The molecule has 0 fully saturated rings. The number of benzene rings is 1. The lowest BCUT2D eigenvalue weighted by Crippen LogP contribution is -2.41. The molecule has 0 aromatic heterocycles. The second kappa shape index (κ2) is 9.18. The Hall–Kier alpha value is -1.20. The van der Waals surface area contributed by atoms with Gasteiger partial charge in [-0.25, -0.2) is 4.79 Å². The number of amides is 2. The van der Waals surface area contributed by atoms with Gasteiger partial charge in [0.1, 0.15) is 0 Å². The number of carbonyl (C=O) groups excluding carboxylic acids is 1. The molecular weight excluding hydrogens is 308 g/mol. The zero-order valence-corrected chi connectivity index (χ0v) is 15.7. The van der Waals surface area contributed by atoms with Crippen LogP contribution >= 0.6 is 11.8 Å². The van der Waals surface area contributed by atoms with E-state index in [-0.39, 0.29) is 12.1 Å². The summed E-state index contributed by atoms with van der Waals surface area (Å²) in [5, 5.41) is 12.7. The molecular formula is C18H30N2O2S. The lowest BCUT2D eigenvalue weighted by atomic mass is 10.00. The van der Waals surface area contributed by atoms with E-state index in [0.717, 1.165) is 24.8 Å². The molecule has 0 aliphatic heterocycles. The van der Waals surface area contributed by atoms with E-state index in [1.807, 2.05) is 46.2 Å². The van der Waals surface area contributed by atoms with Crippen LogP contribution in [0, 0.1) is 0 Å². The van der Waals surface area contributed by atoms with Crippen LogP contribution in [0.1, 0.15) is 45.6 Å². The molecule has 0 unspecified atom stereocenters. The molecule has 0 aliphatic rings. The van der Waals surface area contributed by atoms with Crippen molar-refractivity contribution in [2.45, 2.75) is 63.1 Å². The second-order valence-corrected chi connectivity index (χ2v) is 7.64. The number of nitrogens with zero attached hydrogens (tertiary/aromatic N) is 1. The highest BCUT2D eigenvalue weighted by molar-refractivity contribution is 7.98. The van der Waals surface area contributed by atoms with E-state index in [0.29, 0.717) is 6.54 Å². The topological polar surface area (TPSA) is 52.6 Å². The summed E-state index contributed by atoms with van der Waals surface area (Å²) in [4.78, 5) is 15.1. The van der Waals surface area contributed by atoms with Gasteiger partial charge in [-0.05, 0) is 64.0 Å². The fourth-order valence-electron chi connectivity index (χ4n) is 2.35. The molecule has 0 aliphatic carbocycles. The van der Waals surface area contributed by atoms with Crippen molar-refractivity contribution in [3.8, 4) is 0 Å². The predicted molar refractivity (Wildman–Crippen MR) is 97.8 cm³/mol. The highest BCUT2D eigenvalue weighted by Crippen LogP contribution is 2.17. The molecule has 0 spiro atoms. The molecule has 2 amide bonds. The van der Waals surface area contributed by atoms with Gasteiger partial charge in [-0.3, -0.25) is 0 Å². The Labute approximate surface area is 144 Å². The number of hydrogen-bond donors (Lipinski definition) is 2. The van der Waals surface area contributed by atoms with Crippen LogP contribution in [0.2, 0.25) is 0 Å². The Bertz CT molecular complexity index is 500. The van der Waals surface area contributed by atoms with E-state index < -0.39 is 5.60 Å². The molecule has 23 heavy (non-hydrogen) atoms. The van der Waals surface area contributed by atoms with Crippen LogP contribution in [-0.4, -0.2) is 41.0 Å². The average molecular weight is 339 g/mol. The zero-order chi connectivity index (χ0) is 17.5. The van der Waals surface area contributed by atoms with Crippen LogP contribution in [0.5, 0.6) is 0 Å². The number of carbonyl (C=O) groups is 1. The number of urea groups is 1. The SMILES string of the molecule is CSc1cccc(CN(C)C(=O)N[C@H](C)CCCC(C)(C)O)c1. The minimum Gasteiger partial charge on any atom is -0.390 e. The normalized spacial score (nSPS) is 12.8. The monoisotopic (exact) mass is 338 g/mol. The maximum absolute atomic E-state index is 12.2. The molecule has 0 saturated carbocycles. The summed E-state index contributed by atoms with van der Waals surface area (Å²) in [7, 11) is 1.81. The molecule has 0 bridgehead atoms. The summed E-state index contributed by atoms with van der Waals surface area (Å²) < 4.78 is 0. The van der Waals surface area contributed by atoms with Gasteiger partial charge in [0.2, 0.25) is 0 Å². The molecule has 4 nitrogen and oxygen atoms in total. The van der Waals surface area contributed by atoms with Crippen molar-refractivity contribution < 1.29 is 9.90 Å². The van der Waals surface area contributed by atoms with Gasteiger partial charge < -0.3 is 15.3 Å². The van der Waals surface area contributed by atoms with Crippen LogP contribution in [0.3, 0.4) is 0 Å². The summed E-state index contributed by atoms with van der Waals surface area (Å²) in [6, 6.07) is 8.28. The first-order valence-electron chi connectivity index (χ1n) is 8.08. The van der Waals surface area contributed by atoms with E-state index >= 15 is 0 Å². The van der Waals surface area contributed by atoms with Crippen molar-refractivity contribution >= 4 is 17.8 Å². The van der Waals surface area contributed by atoms with Gasteiger partial charge in [-0.1, -0.05) is 12.1 Å². The number of rotatable bonds is 8. The van der Waals surface area contributed by atoms with Crippen LogP contribution < -0.4 is 5.32 Å². The standard InChI is InChI=1S/C18H30N2O2S/c1-14(8-7-11-18(2,3)22)19-17(21)20(4)13-15-9-6-10-16(12-15)23-5/h6,9-10,12,14,22H,7-8,11,13H2,1-5H3,(H,19,21)/t14-/m1/s1. The Morgan fingerprint density at radius 1 is 1.43 bits per heavy atom. The lowest BCUT2D eigenvalue weighted by Gasteiger charge is -2.23. The largest absolute Gasteiger partial charge is 0.390 e. The molecule has 0 saturated heterocycles. The van der Waals surface area contributed by atoms with Crippen molar-refractivity contribution in [2.24, 2.45) is 0 Å². The summed E-state index contributed by atoms with van der Waals surface area (Å²) >= 11 is 1.70. The van der Waals surface area contributed by atoms with Crippen LogP contribution in [0.4, 0.5) is 4.79 Å². The van der Waals surface area contributed by atoms with Gasteiger partial charge in [-0.15, -0.1) is 11.8 Å². The van der Waals surface area contributed by atoms with E-state index in [1.54, 1.807) is 16.7 Å². The van der Waals surface area contributed by atoms with Crippen molar-refractivity contribution in [3.05, 3.63) is 29.8 Å². The molecule has 1 aromatic rings. The van der Waals surface area contributed by atoms with Crippen LogP contribution in [0.15, 0.2) is 29.2 Å². The van der Waals surface area contributed by atoms with Gasteiger partial charge in [0.15, 0.2) is 0 Å². The van der Waals surface area contributed by atoms with Gasteiger partial charge in [0.05, 0.1) is 5.60 Å². The van der Waals surface area contributed by atoms with Gasteiger partial charge in [0, 0.05) is 24.5 Å². The number of aliphatic hydroxyl groups is 1. The molecule has 0 heterocycles. The van der Waals surface area contributed by atoms with E-state index in [4.69, 9.17) is 0 Å². The average Bonchev–Trinajstić information content (AvgIpc) is 2.45. The first kappa shape index (κ1) is 19.8. The predicted octanol–water partition coefficient (Wildman–Crippen LogP) is 3.88. The molecule has 1 aromatic carbocycles. The van der Waals surface area contributed by atoms with E-state index in [2.05, 4.69) is 17.4 Å². The number of nitrogens with one attached hydrogen (secondary N) is 1. The molecule has 0 radical (unpaired) electrons. The van der Waals surface area contributed by atoms with Crippen LogP contribution in [-0.2, 0) is 6.54 Å². The summed E-state index contributed by atoms with van der Waals surface area (Å²) in [5.41, 5.74) is 0.493. The highest BCUT2D eigenvalue weighted by atomic mass is 32.2. The lowest BCUT2D eigenvalue weighted by molar-refractivity contribution is 0.0676. The molecule has 5 heteroatoms. The van der Waals surface area contributed by atoms with Crippen LogP contribution in [0.25, 0.3) is 0 Å². The second-order valence-electron chi connectivity index (χ2n) is 6.76. The summed E-state index contributed by atoms with van der Waals surface area (Å²) in [5.74, 6) is 0. The molecule has 1 atom stereocenters. The Balaban J connectivity index is 2.40. The van der Waals surface area contributed by atoms with Crippen molar-refractivity contribution in [1.29, 1.82) is 0 Å². The Morgan fingerprint density at radius 3 is 2.74 bits per heavy atom. The molecule has 1 rings (SSSR count). The molecule has 130 valence electrons. The van der Waals surface area contributed by atoms with Crippen molar-refractivity contribution in [2.75, 3.05) is 13.3 Å². The highest BCUT2D eigenvalue weighted by Gasteiger charge is 2.15. The smallest absolute Gasteiger partial charge is 0.317 e. The zero-order valence-electron chi connectivity index (χ0n) is 14.9. The first-order chi connectivity index (χ1) is 10.7. The third-order valence-corrected chi connectivity index (χ3v) is 4.42. The minimum atomic E-state index is -0.636. The summed E-state index contributed by atoms with van der Waals surface area (Å²) in [6.07, 6.45) is 4.55. The maximum Gasteiger partial charge on any atom is 0.317 e. The third-order valence-electron chi connectivity index (χ3n) is 3.70. The first-order valence-corrected chi connectivity index (χ1v) is 9.30. The van der Waals surface area contributed by atoms with Crippen molar-refractivity contribution in [1.82, 2.24) is 10.2 Å². The quantitative estimate of drug-likeness (QED) is 0.707. The maximum atomic E-state index is 12.2. The fourth-order valence-corrected chi connectivity index (χ4v) is 2.83. The minimum absolute atomic E-state index is 0.0599. The third kappa shape index (κ3) is 8.28. The summed E-state index contributed by atoms with van der Waals surface area (Å²) in [6.45, 7) is 6.22. The Kier molecular flexibility index (Phi) is 7.92. The van der Waals surface area contributed by atoms with Gasteiger partial charge in [-0.2, -0.15) is 0 Å². The van der Waals surface area contributed by atoms with E-state index in [1.165, 1.54) is 4.90 Å². The fraction of sp³-hybridized carbons (Fsp3) is 0.611. The van der Waals surface area contributed by atoms with Crippen molar-refractivity contribution in [3.63, 3.8) is 0 Å².